The third-order valence-electron chi connectivity index (χ3n) is 5.73. The standard InChI is InChI=1S/C24H25N5O3/c1-16-21-22(29(27-16)18-6-4-3-5-7-18)24(30)26-23(25-21)19-9-8-17(14-20(19)31-2)15-28-10-12-32-13-11-28/h3-9,14H,10-13,15H2,1-2H3,(H,25,26,30). The number of hydrogen-bond acceptors (Lipinski definition) is 6. The first-order chi connectivity index (χ1) is 15.6. The number of nitrogens with one attached hydrogen (secondary N) is 1. The molecule has 0 bridgehead atoms. The van der Waals surface area contributed by atoms with Crippen LogP contribution in [0.5, 0.6) is 5.75 Å². The predicted octanol–water partition coefficient (Wildman–Crippen LogP) is 2.93. The zero-order valence-corrected chi connectivity index (χ0v) is 18.2. The number of benzene rings is 2. The Balaban J connectivity index is 1.54. The van der Waals surface area contributed by atoms with E-state index in [1.807, 2.05) is 49.4 Å². The van der Waals surface area contributed by atoms with Crippen LogP contribution in [-0.4, -0.2) is 58.1 Å². The van der Waals surface area contributed by atoms with Crippen molar-refractivity contribution in [1.82, 2.24) is 24.6 Å². The van der Waals surface area contributed by atoms with Crippen molar-refractivity contribution in [3.8, 4) is 22.8 Å². The maximum atomic E-state index is 13.1. The summed E-state index contributed by atoms with van der Waals surface area (Å²) < 4.78 is 12.7. The Kier molecular flexibility index (Phi) is 5.46. The molecule has 1 N–H and O–H groups in total. The first kappa shape index (κ1) is 20.4. The Hall–Kier alpha value is -3.49. The van der Waals surface area contributed by atoms with Crippen LogP contribution in [0, 0.1) is 6.92 Å². The van der Waals surface area contributed by atoms with Crippen molar-refractivity contribution < 1.29 is 9.47 Å². The van der Waals surface area contributed by atoms with Crippen molar-refractivity contribution in [1.29, 1.82) is 0 Å². The minimum Gasteiger partial charge on any atom is -0.496 e. The topological polar surface area (TPSA) is 85.3 Å². The highest BCUT2D eigenvalue weighted by Crippen LogP contribution is 2.30. The van der Waals surface area contributed by atoms with Gasteiger partial charge in [-0.3, -0.25) is 9.69 Å². The summed E-state index contributed by atoms with van der Waals surface area (Å²) in [5, 5.41) is 4.56. The van der Waals surface area contributed by atoms with E-state index >= 15 is 0 Å². The van der Waals surface area contributed by atoms with Crippen molar-refractivity contribution in [2.45, 2.75) is 13.5 Å². The first-order valence-electron chi connectivity index (χ1n) is 10.7. The predicted molar refractivity (Wildman–Crippen MR) is 122 cm³/mol. The van der Waals surface area contributed by atoms with Gasteiger partial charge in [0, 0.05) is 19.6 Å². The molecule has 0 radical (unpaired) electrons. The van der Waals surface area contributed by atoms with Gasteiger partial charge < -0.3 is 14.5 Å². The van der Waals surface area contributed by atoms with Gasteiger partial charge in [0.1, 0.15) is 17.1 Å². The molecule has 1 fully saturated rings. The van der Waals surface area contributed by atoms with Gasteiger partial charge in [-0.25, -0.2) is 9.67 Å². The van der Waals surface area contributed by atoms with Crippen molar-refractivity contribution in [3.63, 3.8) is 0 Å². The van der Waals surface area contributed by atoms with E-state index in [0.717, 1.165) is 49.7 Å². The number of H-pyrrole nitrogens is 1. The summed E-state index contributed by atoms with van der Waals surface area (Å²) in [4.78, 5) is 23.1. The number of methoxy groups -OCH3 is 1. The lowest BCUT2D eigenvalue weighted by atomic mass is 10.1. The number of nitrogens with zero attached hydrogens (tertiary/aromatic N) is 4. The summed E-state index contributed by atoms with van der Waals surface area (Å²) in [7, 11) is 1.63. The van der Waals surface area contributed by atoms with E-state index in [1.165, 1.54) is 0 Å². The fraction of sp³-hybridized carbons (Fsp3) is 0.292. The Bertz CT molecular complexity index is 1310. The zero-order chi connectivity index (χ0) is 22.1. The van der Waals surface area contributed by atoms with Crippen LogP contribution in [0.3, 0.4) is 0 Å². The van der Waals surface area contributed by atoms with Crippen LogP contribution in [0.1, 0.15) is 11.3 Å². The molecular formula is C24H25N5O3. The van der Waals surface area contributed by atoms with Crippen LogP contribution in [0.4, 0.5) is 0 Å². The van der Waals surface area contributed by atoms with Crippen LogP contribution in [0.2, 0.25) is 0 Å². The third-order valence-corrected chi connectivity index (χ3v) is 5.73. The van der Waals surface area contributed by atoms with Gasteiger partial charge in [0.25, 0.3) is 5.56 Å². The summed E-state index contributed by atoms with van der Waals surface area (Å²) in [6, 6.07) is 15.6. The van der Waals surface area contributed by atoms with Gasteiger partial charge in [0.05, 0.1) is 37.3 Å². The number of fused-ring (bicyclic) bond motifs is 1. The SMILES string of the molecule is COc1cc(CN2CCOCC2)ccc1-c1nc2c(C)nn(-c3ccccc3)c2c(=O)[nH]1. The molecule has 164 valence electrons. The van der Waals surface area contributed by atoms with Gasteiger partial charge >= 0.3 is 0 Å². The molecule has 0 amide bonds. The summed E-state index contributed by atoms with van der Waals surface area (Å²) in [6.07, 6.45) is 0. The van der Waals surface area contributed by atoms with Crippen molar-refractivity contribution in [2.75, 3.05) is 33.4 Å². The van der Waals surface area contributed by atoms with Crippen molar-refractivity contribution in [2.24, 2.45) is 0 Å². The van der Waals surface area contributed by atoms with Gasteiger partial charge in [0.15, 0.2) is 5.52 Å². The summed E-state index contributed by atoms with van der Waals surface area (Å²) >= 11 is 0. The van der Waals surface area contributed by atoms with E-state index in [9.17, 15) is 4.79 Å². The molecule has 0 spiro atoms. The second kappa shape index (κ2) is 8.57. The van der Waals surface area contributed by atoms with Crippen LogP contribution in [0.25, 0.3) is 28.1 Å². The minimum absolute atomic E-state index is 0.242. The Morgan fingerprint density at radius 3 is 2.66 bits per heavy atom. The van der Waals surface area contributed by atoms with E-state index in [2.05, 4.69) is 21.0 Å². The Labute approximate surface area is 185 Å². The highest BCUT2D eigenvalue weighted by atomic mass is 16.5. The number of morpholine rings is 1. The lowest BCUT2D eigenvalue weighted by molar-refractivity contribution is 0.0342. The average molecular weight is 431 g/mol. The molecule has 3 heterocycles. The van der Waals surface area contributed by atoms with Gasteiger partial charge in [-0.1, -0.05) is 24.3 Å². The largest absolute Gasteiger partial charge is 0.496 e. The molecule has 0 aliphatic carbocycles. The average Bonchev–Trinajstić information content (AvgIpc) is 3.17. The lowest BCUT2D eigenvalue weighted by Gasteiger charge is -2.26. The summed E-state index contributed by atoms with van der Waals surface area (Å²) in [6.45, 7) is 6.04. The third kappa shape index (κ3) is 3.79. The van der Waals surface area contributed by atoms with Gasteiger partial charge in [-0.05, 0) is 36.8 Å². The number of aromatic amines is 1. The summed E-state index contributed by atoms with van der Waals surface area (Å²) in [5.74, 6) is 1.14. The summed E-state index contributed by atoms with van der Waals surface area (Å²) in [5.41, 5.74) is 4.16. The molecule has 0 saturated carbocycles. The molecule has 8 heteroatoms. The Morgan fingerprint density at radius 1 is 1.12 bits per heavy atom. The smallest absolute Gasteiger partial charge is 0.277 e. The molecule has 1 saturated heterocycles. The molecule has 4 aromatic rings. The molecular weight excluding hydrogens is 406 g/mol. The molecule has 1 aliphatic rings. The minimum atomic E-state index is -0.242. The highest BCUT2D eigenvalue weighted by molar-refractivity contribution is 5.81. The van der Waals surface area contributed by atoms with E-state index in [1.54, 1.807) is 11.8 Å². The van der Waals surface area contributed by atoms with Crippen LogP contribution < -0.4 is 10.3 Å². The van der Waals surface area contributed by atoms with Crippen LogP contribution in [0.15, 0.2) is 53.3 Å². The highest BCUT2D eigenvalue weighted by Gasteiger charge is 2.18. The second-order valence-electron chi connectivity index (χ2n) is 7.87. The van der Waals surface area contributed by atoms with E-state index in [-0.39, 0.29) is 5.56 Å². The molecule has 32 heavy (non-hydrogen) atoms. The van der Waals surface area contributed by atoms with Gasteiger partial charge in [-0.2, -0.15) is 5.10 Å². The monoisotopic (exact) mass is 431 g/mol. The zero-order valence-electron chi connectivity index (χ0n) is 18.2. The molecule has 8 nitrogen and oxygen atoms in total. The van der Waals surface area contributed by atoms with Gasteiger partial charge in [0.2, 0.25) is 0 Å². The molecule has 0 unspecified atom stereocenters. The molecule has 1 aliphatic heterocycles. The number of hydrogen-bond donors (Lipinski definition) is 1. The Morgan fingerprint density at radius 2 is 1.91 bits per heavy atom. The number of para-hydroxylation sites is 1. The van der Waals surface area contributed by atoms with E-state index in [4.69, 9.17) is 14.5 Å². The van der Waals surface area contributed by atoms with Gasteiger partial charge in [-0.15, -0.1) is 0 Å². The number of rotatable bonds is 5. The number of ether oxygens (including phenoxy) is 2. The molecule has 2 aromatic heterocycles. The normalized spacial score (nSPS) is 14.7. The fourth-order valence-corrected chi connectivity index (χ4v) is 4.09. The van der Waals surface area contributed by atoms with Crippen molar-refractivity contribution >= 4 is 11.0 Å². The van der Waals surface area contributed by atoms with Crippen LogP contribution >= 0.6 is 0 Å². The molecule has 0 atom stereocenters. The van der Waals surface area contributed by atoms with Crippen molar-refractivity contribution in [3.05, 3.63) is 70.1 Å². The maximum absolute atomic E-state index is 13.1. The fourth-order valence-electron chi connectivity index (χ4n) is 4.09. The molecule has 5 rings (SSSR count). The maximum Gasteiger partial charge on any atom is 0.277 e. The molecule has 2 aromatic carbocycles. The first-order valence-corrected chi connectivity index (χ1v) is 10.7. The van der Waals surface area contributed by atoms with Crippen LogP contribution in [-0.2, 0) is 11.3 Å². The lowest BCUT2D eigenvalue weighted by Crippen LogP contribution is -2.35. The van der Waals surface area contributed by atoms with E-state index < -0.39 is 0 Å². The second-order valence-corrected chi connectivity index (χ2v) is 7.87. The number of aryl methyl sites for hydroxylation is 1. The number of aromatic nitrogens is 4. The quantitative estimate of drug-likeness (QED) is 0.523. The van der Waals surface area contributed by atoms with E-state index in [0.29, 0.717) is 28.3 Å².